The van der Waals surface area contributed by atoms with E-state index >= 15 is 0 Å². The summed E-state index contributed by atoms with van der Waals surface area (Å²) >= 11 is 0. The Morgan fingerprint density at radius 3 is 2.88 bits per heavy atom. The molecule has 2 aromatic rings. The Morgan fingerprint density at radius 2 is 2.18 bits per heavy atom. The summed E-state index contributed by atoms with van der Waals surface area (Å²) in [4.78, 5) is 12.7. The molecule has 0 aliphatic heterocycles. The maximum absolute atomic E-state index is 5.71. The predicted octanol–water partition coefficient (Wildman–Crippen LogP) is 1.21. The molecule has 5 nitrogen and oxygen atoms in total. The van der Waals surface area contributed by atoms with Crippen LogP contribution in [0, 0.1) is 0 Å². The third-order valence-corrected chi connectivity index (χ3v) is 2.31. The molecular weight excluding hydrogens is 214 g/mol. The number of aromatic nitrogens is 2. The number of nitrogens with two attached hydrogens (primary N) is 2. The van der Waals surface area contributed by atoms with E-state index in [-0.39, 0.29) is 0 Å². The fourth-order valence-electron chi connectivity index (χ4n) is 1.50. The number of nitrogens with zero attached hydrogens (tertiary/aromatic N) is 3. The van der Waals surface area contributed by atoms with E-state index in [2.05, 4.69) is 15.0 Å². The summed E-state index contributed by atoms with van der Waals surface area (Å²) in [6, 6.07) is 5.41. The van der Waals surface area contributed by atoms with Crippen LogP contribution in [0.15, 0.2) is 35.6 Å². The number of fused-ring (bicyclic) bond motifs is 1. The van der Waals surface area contributed by atoms with Gasteiger partial charge in [0.15, 0.2) is 0 Å². The number of aliphatic imine (C=N–C) groups is 1. The van der Waals surface area contributed by atoms with Gasteiger partial charge < -0.3 is 11.5 Å². The van der Waals surface area contributed by atoms with Crippen LogP contribution in [0.3, 0.4) is 0 Å². The molecule has 0 amide bonds. The Kier molecular flexibility index (Phi) is 3.00. The fourth-order valence-corrected chi connectivity index (χ4v) is 1.50. The first kappa shape index (κ1) is 11.1. The van der Waals surface area contributed by atoms with Gasteiger partial charge in [-0.1, -0.05) is 0 Å². The number of anilines is 1. The summed E-state index contributed by atoms with van der Waals surface area (Å²) in [6.45, 7) is 0. The van der Waals surface area contributed by atoms with Crippen molar-refractivity contribution in [2.75, 3.05) is 12.8 Å². The number of hydrogen-bond acceptors (Lipinski definition) is 5. The molecule has 0 bridgehead atoms. The molecule has 0 saturated carbocycles. The van der Waals surface area contributed by atoms with Crippen molar-refractivity contribution in [3.8, 4) is 0 Å². The predicted molar refractivity (Wildman–Crippen MR) is 70.5 cm³/mol. The van der Waals surface area contributed by atoms with Crippen molar-refractivity contribution in [1.29, 1.82) is 0 Å². The second-order valence-corrected chi connectivity index (χ2v) is 3.51. The molecule has 0 spiro atoms. The minimum atomic E-state index is 0.659. The van der Waals surface area contributed by atoms with E-state index in [0.29, 0.717) is 11.4 Å². The van der Waals surface area contributed by atoms with Crippen molar-refractivity contribution in [2.24, 2.45) is 10.7 Å². The summed E-state index contributed by atoms with van der Waals surface area (Å²) in [5.41, 5.74) is 14.8. The first-order chi connectivity index (χ1) is 8.24. The maximum atomic E-state index is 5.71. The molecule has 0 radical (unpaired) electrons. The van der Waals surface area contributed by atoms with Gasteiger partial charge in [-0.15, -0.1) is 0 Å². The van der Waals surface area contributed by atoms with E-state index in [1.807, 2.05) is 6.07 Å². The Morgan fingerprint density at radius 1 is 1.35 bits per heavy atom. The zero-order valence-corrected chi connectivity index (χ0v) is 9.46. The summed E-state index contributed by atoms with van der Waals surface area (Å²) < 4.78 is 0. The second-order valence-electron chi connectivity index (χ2n) is 3.51. The number of benzene rings is 1. The van der Waals surface area contributed by atoms with E-state index in [1.54, 1.807) is 31.6 Å². The first-order valence-electron chi connectivity index (χ1n) is 5.11. The minimum absolute atomic E-state index is 0.659. The molecule has 0 saturated heterocycles. The van der Waals surface area contributed by atoms with Crippen LogP contribution in [0.4, 0.5) is 5.69 Å². The van der Waals surface area contributed by atoms with E-state index in [4.69, 9.17) is 11.5 Å². The highest BCUT2D eigenvalue weighted by atomic mass is 14.8. The van der Waals surface area contributed by atoms with Gasteiger partial charge in [-0.05, 0) is 18.2 Å². The highest BCUT2D eigenvalue weighted by molar-refractivity contribution is 6.09. The molecule has 0 aliphatic carbocycles. The van der Waals surface area contributed by atoms with Gasteiger partial charge >= 0.3 is 0 Å². The van der Waals surface area contributed by atoms with Gasteiger partial charge in [0.2, 0.25) is 0 Å². The molecule has 86 valence electrons. The lowest BCUT2D eigenvalue weighted by molar-refractivity contribution is 1.25. The standard InChI is InChI=1S/C12H13N5/c1-15-6-8(5-13)12-7-16-10-3-2-9(14)4-11(10)17-12/h2-7H,13-14H2,1H3/b8-5+,15-6?. The van der Waals surface area contributed by atoms with Crippen LogP contribution in [0.1, 0.15) is 5.69 Å². The van der Waals surface area contributed by atoms with Gasteiger partial charge in [0.05, 0.1) is 22.9 Å². The fraction of sp³-hybridized carbons (Fsp3) is 0.0833. The first-order valence-corrected chi connectivity index (χ1v) is 5.11. The van der Waals surface area contributed by atoms with E-state index in [0.717, 1.165) is 16.6 Å². The van der Waals surface area contributed by atoms with Crippen molar-refractivity contribution in [3.63, 3.8) is 0 Å². The molecule has 4 N–H and O–H groups in total. The molecule has 17 heavy (non-hydrogen) atoms. The van der Waals surface area contributed by atoms with Crippen LogP contribution in [-0.4, -0.2) is 23.2 Å². The van der Waals surface area contributed by atoms with Crippen molar-refractivity contribution < 1.29 is 0 Å². The molecule has 0 aliphatic rings. The minimum Gasteiger partial charge on any atom is -0.404 e. The second kappa shape index (κ2) is 4.61. The molecule has 0 fully saturated rings. The van der Waals surface area contributed by atoms with Crippen LogP contribution in [0.2, 0.25) is 0 Å². The van der Waals surface area contributed by atoms with Gasteiger partial charge in [0.25, 0.3) is 0 Å². The molecule has 0 unspecified atom stereocenters. The molecular formula is C12H13N5. The van der Waals surface area contributed by atoms with Crippen molar-refractivity contribution in [1.82, 2.24) is 9.97 Å². The van der Waals surface area contributed by atoms with Crippen LogP contribution in [0.5, 0.6) is 0 Å². The van der Waals surface area contributed by atoms with Crippen LogP contribution in [-0.2, 0) is 0 Å². The highest BCUT2D eigenvalue weighted by Crippen LogP contribution is 2.16. The third-order valence-electron chi connectivity index (χ3n) is 2.31. The molecule has 1 heterocycles. The van der Waals surface area contributed by atoms with E-state index in [1.165, 1.54) is 6.20 Å². The largest absolute Gasteiger partial charge is 0.404 e. The smallest absolute Gasteiger partial charge is 0.0922 e. The van der Waals surface area contributed by atoms with Gasteiger partial charge in [0.1, 0.15) is 0 Å². The SMILES string of the molecule is CN=C/C(=C\N)c1cnc2ccc(N)cc2n1. The van der Waals surface area contributed by atoms with Crippen LogP contribution < -0.4 is 11.5 Å². The molecule has 1 aromatic carbocycles. The number of allylic oxidation sites excluding steroid dienone is 1. The Bertz CT molecular complexity index is 601. The van der Waals surface area contributed by atoms with Crippen molar-refractivity contribution >= 4 is 28.5 Å². The lowest BCUT2D eigenvalue weighted by Crippen LogP contribution is -1.97. The average Bonchev–Trinajstić information content (AvgIpc) is 2.35. The van der Waals surface area contributed by atoms with Gasteiger partial charge in [0, 0.05) is 30.7 Å². The molecule has 5 heteroatoms. The zero-order valence-electron chi connectivity index (χ0n) is 9.46. The van der Waals surface area contributed by atoms with Gasteiger partial charge in [-0.2, -0.15) is 0 Å². The number of nitrogen functional groups attached to an aromatic ring is 1. The number of rotatable bonds is 2. The third kappa shape index (κ3) is 2.23. The van der Waals surface area contributed by atoms with Gasteiger partial charge in [-0.25, -0.2) is 4.98 Å². The topological polar surface area (TPSA) is 90.2 Å². The quantitative estimate of drug-likeness (QED) is 0.596. The average molecular weight is 227 g/mol. The molecule has 2 rings (SSSR count). The zero-order chi connectivity index (χ0) is 12.3. The summed E-state index contributed by atoms with van der Waals surface area (Å²) in [7, 11) is 1.68. The maximum Gasteiger partial charge on any atom is 0.0922 e. The van der Waals surface area contributed by atoms with Crippen molar-refractivity contribution in [2.45, 2.75) is 0 Å². The summed E-state index contributed by atoms with van der Waals surface area (Å²) in [5, 5.41) is 0. The summed E-state index contributed by atoms with van der Waals surface area (Å²) in [6.07, 6.45) is 4.76. The number of hydrogen-bond donors (Lipinski definition) is 2. The van der Waals surface area contributed by atoms with Crippen LogP contribution in [0.25, 0.3) is 16.6 Å². The van der Waals surface area contributed by atoms with E-state index < -0.39 is 0 Å². The molecule has 0 atom stereocenters. The Balaban J connectivity index is 2.57. The normalized spacial score (nSPS) is 12.4. The monoisotopic (exact) mass is 227 g/mol. The molecule has 1 aromatic heterocycles. The van der Waals surface area contributed by atoms with Crippen molar-refractivity contribution in [3.05, 3.63) is 36.3 Å². The van der Waals surface area contributed by atoms with Crippen LogP contribution >= 0.6 is 0 Å². The Labute approximate surface area is 98.9 Å². The summed E-state index contributed by atoms with van der Waals surface area (Å²) in [5.74, 6) is 0. The van der Waals surface area contributed by atoms with Gasteiger partial charge in [-0.3, -0.25) is 9.98 Å². The highest BCUT2D eigenvalue weighted by Gasteiger charge is 2.03. The Hall–Kier alpha value is -2.43. The lowest BCUT2D eigenvalue weighted by Gasteiger charge is -2.03. The van der Waals surface area contributed by atoms with E-state index in [9.17, 15) is 0 Å². The lowest BCUT2D eigenvalue weighted by atomic mass is 10.2.